The predicted octanol–water partition coefficient (Wildman–Crippen LogP) is 1.59. The predicted molar refractivity (Wildman–Crippen MR) is 49.0 cm³/mol. The Morgan fingerprint density at radius 3 is 2.92 bits per heavy atom. The molecule has 0 radical (unpaired) electrons. The fourth-order valence-electron chi connectivity index (χ4n) is 1.16. The van der Waals surface area contributed by atoms with Gasteiger partial charge in [-0.2, -0.15) is 0 Å². The van der Waals surface area contributed by atoms with Crippen molar-refractivity contribution in [1.82, 2.24) is 9.55 Å². The zero-order valence-corrected chi connectivity index (χ0v) is 7.99. The number of hydrogen-bond donors (Lipinski definition) is 0. The Bertz CT molecular complexity index is 311. The van der Waals surface area contributed by atoms with Crippen molar-refractivity contribution in [2.75, 3.05) is 5.88 Å². The number of nitro groups is 1. The second kappa shape index (κ2) is 4.23. The minimum absolute atomic E-state index is 0.0116. The van der Waals surface area contributed by atoms with Crippen molar-refractivity contribution in [3.05, 3.63) is 22.1 Å². The highest BCUT2D eigenvalue weighted by Crippen LogP contribution is 2.14. The standard InChI is InChI=1S/C7H10ClN3O2/c1-2-6-9-5-7(11(12)13)10(6)4-3-8/h5H,2-4H2,1H3. The minimum atomic E-state index is -0.446. The van der Waals surface area contributed by atoms with E-state index in [9.17, 15) is 10.1 Å². The first-order chi connectivity index (χ1) is 6.20. The van der Waals surface area contributed by atoms with Crippen molar-refractivity contribution in [2.45, 2.75) is 19.9 Å². The normalized spacial score (nSPS) is 10.3. The molecule has 5 nitrogen and oxygen atoms in total. The molecule has 0 aliphatic heterocycles. The van der Waals surface area contributed by atoms with E-state index in [0.29, 0.717) is 24.7 Å². The summed E-state index contributed by atoms with van der Waals surface area (Å²) < 4.78 is 1.53. The summed E-state index contributed by atoms with van der Waals surface area (Å²) in [5.41, 5.74) is 0. The van der Waals surface area contributed by atoms with Gasteiger partial charge in [-0.05, 0) is 4.92 Å². The first-order valence-electron chi connectivity index (χ1n) is 3.95. The quantitative estimate of drug-likeness (QED) is 0.424. The Morgan fingerprint density at radius 2 is 2.46 bits per heavy atom. The molecular formula is C7H10ClN3O2. The summed E-state index contributed by atoms with van der Waals surface area (Å²) in [4.78, 5) is 14.0. The Kier molecular flexibility index (Phi) is 3.25. The van der Waals surface area contributed by atoms with Crippen molar-refractivity contribution < 1.29 is 4.92 Å². The van der Waals surface area contributed by atoms with E-state index >= 15 is 0 Å². The van der Waals surface area contributed by atoms with Crippen LogP contribution in [0.2, 0.25) is 0 Å². The van der Waals surface area contributed by atoms with E-state index in [1.165, 1.54) is 10.8 Å². The van der Waals surface area contributed by atoms with Crippen LogP contribution >= 0.6 is 11.6 Å². The molecule has 1 aromatic rings. The molecule has 0 bridgehead atoms. The summed E-state index contributed by atoms with van der Waals surface area (Å²) in [7, 11) is 0. The molecule has 0 N–H and O–H groups in total. The molecule has 72 valence electrons. The summed E-state index contributed by atoms with van der Waals surface area (Å²) in [5, 5.41) is 10.5. The van der Waals surface area contributed by atoms with Gasteiger partial charge in [0.05, 0.1) is 5.88 Å². The van der Waals surface area contributed by atoms with E-state index in [1.54, 1.807) is 0 Å². The molecule has 1 heterocycles. The molecule has 0 saturated carbocycles. The summed E-state index contributed by atoms with van der Waals surface area (Å²) in [6, 6.07) is 0. The van der Waals surface area contributed by atoms with Gasteiger partial charge in [-0.1, -0.05) is 6.92 Å². The van der Waals surface area contributed by atoms with Crippen LogP contribution in [-0.2, 0) is 13.0 Å². The Hall–Kier alpha value is -1.10. The van der Waals surface area contributed by atoms with Crippen LogP contribution in [0.1, 0.15) is 12.7 Å². The van der Waals surface area contributed by atoms with Crippen molar-refractivity contribution in [3.8, 4) is 0 Å². The molecule has 0 unspecified atom stereocenters. The van der Waals surface area contributed by atoms with Gasteiger partial charge >= 0.3 is 5.82 Å². The van der Waals surface area contributed by atoms with Crippen LogP contribution < -0.4 is 0 Å². The molecule has 0 amide bonds. The van der Waals surface area contributed by atoms with Crippen LogP contribution in [-0.4, -0.2) is 20.4 Å². The maximum atomic E-state index is 10.5. The van der Waals surface area contributed by atoms with Crippen LogP contribution in [0.5, 0.6) is 0 Å². The van der Waals surface area contributed by atoms with Crippen LogP contribution in [0, 0.1) is 10.1 Å². The van der Waals surface area contributed by atoms with Crippen LogP contribution in [0.3, 0.4) is 0 Å². The summed E-state index contributed by atoms with van der Waals surface area (Å²) >= 11 is 5.53. The largest absolute Gasteiger partial charge is 0.358 e. The van der Waals surface area contributed by atoms with Crippen molar-refractivity contribution in [3.63, 3.8) is 0 Å². The second-order valence-electron chi connectivity index (χ2n) is 2.48. The number of aromatic nitrogens is 2. The van der Waals surface area contributed by atoms with Crippen molar-refractivity contribution in [2.24, 2.45) is 0 Å². The molecule has 13 heavy (non-hydrogen) atoms. The SMILES string of the molecule is CCc1ncc([N+](=O)[O-])n1CCCl. The number of alkyl halides is 1. The fraction of sp³-hybridized carbons (Fsp3) is 0.571. The highest BCUT2D eigenvalue weighted by Gasteiger charge is 2.17. The average molecular weight is 204 g/mol. The van der Waals surface area contributed by atoms with Gasteiger partial charge in [0.15, 0.2) is 5.82 Å². The smallest absolute Gasteiger partial charge is 0.342 e. The van der Waals surface area contributed by atoms with E-state index in [1.807, 2.05) is 6.92 Å². The number of hydrogen-bond acceptors (Lipinski definition) is 3. The lowest BCUT2D eigenvalue weighted by Crippen LogP contribution is -2.07. The third kappa shape index (κ3) is 1.98. The Balaban J connectivity index is 3.06. The monoisotopic (exact) mass is 203 g/mol. The van der Waals surface area contributed by atoms with Gasteiger partial charge < -0.3 is 10.1 Å². The average Bonchev–Trinajstić information content (AvgIpc) is 2.48. The molecule has 0 fully saturated rings. The highest BCUT2D eigenvalue weighted by atomic mass is 35.5. The molecule has 6 heteroatoms. The van der Waals surface area contributed by atoms with E-state index in [4.69, 9.17) is 11.6 Å². The molecule has 0 spiro atoms. The molecular weight excluding hydrogens is 194 g/mol. The third-order valence-corrected chi connectivity index (χ3v) is 1.90. The van der Waals surface area contributed by atoms with Gasteiger partial charge in [0.25, 0.3) is 0 Å². The fourth-order valence-corrected chi connectivity index (χ4v) is 1.33. The lowest BCUT2D eigenvalue weighted by molar-refractivity contribution is -0.392. The number of halogens is 1. The van der Waals surface area contributed by atoms with Gasteiger partial charge in [0.1, 0.15) is 12.7 Å². The second-order valence-corrected chi connectivity index (χ2v) is 2.86. The van der Waals surface area contributed by atoms with E-state index in [-0.39, 0.29) is 5.82 Å². The topological polar surface area (TPSA) is 61.0 Å². The molecule has 0 aromatic carbocycles. The molecule has 0 saturated heterocycles. The maximum absolute atomic E-state index is 10.5. The van der Waals surface area contributed by atoms with Gasteiger partial charge in [-0.25, -0.2) is 9.55 Å². The Morgan fingerprint density at radius 1 is 1.77 bits per heavy atom. The number of rotatable bonds is 4. The lowest BCUT2D eigenvalue weighted by Gasteiger charge is -2.00. The maximum Gasteiger partial charge on any atom is 0.342 e. The number of imidazole rings is 1. The minimum Gasteiger partial charge on any atom is -0.358 e. The summed E-state index contributed by atoms with van der Waals surface area (Å²) in [6.45, 7) is 2.33. The van der Waals surface area contributed by atoms with E-state index in [0.717, 1.165) is 0 Å². The van der Waals surface area contributed by atoms with Crippen LogP contribution in [0.15, 0.2) is 6.20 Å². The molecule has 1 rings (SSSR count). The number of nitrogens with zero attached hydrogens (tertiary/aromatic N) is 3. The summed E-state index contributed by atoms with van der Waals surface area (Å²) in [6.07, 6.45) is 1.94. The highest BCUT2D eigenvalue weighted by molar-refractivity contribution is 6.17. The first kappa shape index (κ1) is 9.98. The van der Waals surface area contributed by atoms with Crippen molar-refractivity contribution >= 4 is 17.4 Å². The zero-order chi connectivity index (χ0) is 9.84. The molecule has 0 atom stereocenters. The first-order valence-corrected chi connectivity index (χ1v) is 4.49. The summed E-state index contributed by atoms with van der Waals surface area (Å²) in [5.74, 6) is 1.06. The van der Waals surface area contributed by atoms with Crippen LogP contribution in [0.25, 0.3) is 0 Å². The van der Waals surface area contributed by atoms with Crippen LogP contribution in [0.4, 0.5) is 5.82 Å². The molecule has 1 aromatic heterocycles. The van der Waals surface area contributed by atoms with E-state index < -0.39 is 4.92 Å². The van der Waals surface area contributed by atoms with E-state index in [2.05, 4.69) is 4.98 Å². The lowest BCUT2D eigenvalue weighted by atomic mass is 10.4. The zero-order valence-electron chi connectivity index (χ0n) is 7.23. The Labute approximate surface area is 80.5 Å². The number of aryl methyl sites for hydroxylation is 1. The molecule has 0 aliphatic rings. The van der Waals surface area contributed by atoms with Gasteiger partial charge in [0.2, 0.25) is 0 Å². The van der Waals surface area contributed by atoms with Gasteiger partial charge in [0, 0.05) is 6.42 Å². The van der Waals surface area contributed by atoms with Gasteiger partial charge in [-0.3, -0.25) is 0 Å². The van der Waals surface area contributed by atoms with Crippen molar-refractivity contribution in [1.29, 1.82) is 0 Å². The van der Waals surface area contributed by atoms with Gasteiger partial charge in [-0.15, -0.1) is 11.6 Å². The molecule has 0 aliphatic carbocycles. The third-order valence-electron chi connectivity index (χ3n) is 1.73.